The maximum Gasteiger partial charge on any atom is 0.145 e. The molecule has 1 atom stereocenters. The van der Waals surface area contributed by atoms with Gasteiger partial charge in [0.05, 0.1) is 10.4 Å². The van der Waals surface area contributed by atoms with Gasteiger partial charge in [0.1, 0.15) is 5.82 Å². The van der Waals surface area contributed by atoms with Crippen molar-refractivity contribution in [2.24, 2.45) is 0 Å². The monoisotopic (exact) mass is 281 g/mol. The van der Waals surface area contributed by atoms with Crippen LogP contribution in [0, 0.1) is 0 Å². The molecular weight excluding hydrogens is 266 g/mol. The molecule has 0 saturated heterocycles. The van der Waals surface area contributed by atoms with Gasteiger partial charge in [-0.3, -0.25) is 0 Å². The van der Waals surface area contributed by atoms with E-state index in [2.05, 4.69) is 28.3 Å². The summed E-state index contributed by atoms with van der Waals surface area (Å²) in [5.41, 5.74) is 0. The van der Waals surface area contributed by atoms with Gasteiger partial charge >= 0.3 is 0 Å². The average molecular weight is 282 g/mol. The summed E-state index contributed by atoms with van der Waals surface area (Å²) in [6, 6.07) is 5.99. The first-order valence-corrected chi connectivity index (χ1v) is 7.23. The summed E-state index contributed by atoms with van der Waals surface area (Å²) >= 11 is 7.58. The number of hydrogen-bond acceptors (Lipinski definition) is 4. The Bertz CT molecular complexity index is 472. The van der Waals surface area contributed by atoms with Crippen molar-refractivity contribution in [3.05, 3.63) is 45.6 Å². The van der Waals surface area contributed by atoms with Crippen LogP contribution >= 0.6 is 22.9 Å². The number of nitrogens with zero attached hydrogens (tertiary/aromatic N) is 2. The number of hydrogen-bond donors (Lipinski definition) is 1. The van der Waals surface area contributed by atoms with Crippen LogP contribution in [0.1, 0.15) is 30.1 Å². The predicted octanol–water partition coefficient (Wildman–Crippen LogP) is 3.47. The van der Waals surface area contributed by atoms with Crippen LogP contribution < -0.4 is 5.32 Å². The highest BCUT2D eigenvalue weighted by molar-refractivity contribution is 7.16. The standard InChI is InChI=1S/C13H16ClN3S/c1-2-6-15-11(13-16-7-3-8-17-13)9-10-4-5-12(14)18-10/h3-5,7-8,11,15H,2,6,9H2,1H3. The Hall–Kier alpha value is -0.970. The lowest BCUT2D eigenvalue weighted by Crippen LogP contribution is -2.25. The summed E-state index contributed by atoms with van der Waals surface area (Å²) in [7, 11) is 0. The first kappa shape index (κ1) is 13.5. The Labute approximate surface area is 116 Å². The van der Waals surface area contributed by atoms with E-state index in [9.17, 15) is 0 Å². The third kappa shape index (κ3) is 3.77. The molecule has 1 unspecified atom stereocenters. The molecule has 2 rings (SSSR count). The van der Waals surface area contributed by atoms with Crippen LogP contribution in [-0.2, 0) is 6.42 Å². The van der Waals surface area contributed by atoms with Crippen LogP contribution in [0.4, 0.5) is 0 Å². The SMILES string of the molecule is CCCNC(Cc1ccc(Cl)s1)c1ncccn1. The molecule has 0 saturated carbocycles. The Kier molecular flexibility index (Phi) is 5.11. The fourth-order valence-corrected chi connectivity index (χ4v) is 2.86. The van der Waals surface area contributed by atoms with E-state index in [1.807, 2.05) is 12.1 Å². The molecule has 0 amide bonds. The van der Waals surface area contributed by atoms with E-state index >= 15 is 0 Å². The summed E-state index contributed by atoms with van der Waals surface area (Å²) in [6.07, 6.45) is 5.53. The van der Waals surface area contributed by atoms with Gasteiger partial charge in [-0.05, 0) is 31.2 Å². The lowest BCUT2D eigenvalue weighted by atomic mass is 10.1. The maximum absolute atomic E-state index is 5.96. The van der Waals surface area contributed by atoms with Gasteiger partial charge in [-0.1, -0.05) is 18.5 Å². The Morgan fingerprint density at radius 1 is 1.33 bits per heavy atom. The summed E-state index contributed by atoms with van der Waals surface area (Å²) in [4.78, 5) is 9.92. The number of nitrogens with one attached hydrogen (secondary N) is 1. The zero-order chi connectivity index (χ0) is 12.8. The highest BCUT2D eigenvalue weighted by Gasteiger charge is 2.15. The van der Waals surface area contributed by atoms with Gasteiger partial charge in [-0.15, -0.1) is 11.3 Å². The van der Waals surface area contributed by atoms with E-state index in [-0.39, 0.29) is 6.04 Å². The van der Waals surface area contributed by atoms with Crippen LogP contribution in [-0.4, -0.2) is 16.5 Å². The fourth-order valence-electron chi connectivity index (χ4n) is 1.73. The number of aromatic nitrogens is 2. The van der Waals surface area contributed by atoms with E-state index in [0.29, 0.717) is 0 Å². The van der Waals surface area contributed by atoms with E-state index in [1.54, 1.807) is 23.7 Å². The minimum Gasteiger partial charge on any atom is -0.307 e. The predicted molar refractivity (Wildman–Crippen MR) is 76.1 cm³/mol. The van der Waals surface area contributed by atoms with Crippen LogP contribution in [0.15, 0.2) is 30.6 Å². The summed E-state index contributed by atoms with van der Waals surface area (Å²) < 4.78 is 0.827. The summed E-state index contributed by atoms with van der Waals surface area (Å²) in [6.45, 7) is 3.11. The van der Waals surface area contributed by atoms with Crippen LogP contribution in [0.3, 0.4) is 0 Å². The molecule has 0 bridgehead atoms. The van der Waals surface area contributed by atoms with Crippen molar-refractivity contribution in [1.29, 1.82) is 0 Å². The first-order chi connectivity index (χ1) is 8.79. The van der Waals surface area contributed by atoms with E-state index in [4.69, 9.17) is 11.6 Å². The Balaban J connectivity index is 2.10. The van der Waals surface area contributed by atoms with Crippen molar-refractivity contribution >= 4 is 22.9 Å². The first-order valence-electron chi connectivity index (χ1n) is 6.04. The second-order valence-corrected chi connectivity index (χ2v) is 5.82. The van der Waals surface area contributed by atoms with Crippen molar-refractivity contribution < 1.29 is 0 Å². The zero-order valence-corrected chi connectivity index (χ0v) is 11.8. The molecule has 0 spiro atoms. The van der Waals surface area contributed by atoms with Gasteiger partial charge < -0.3 is 5.32 Å². The quantitative estimate of drug-likeness (QED) is 0.881. The third-order valence-corrected chi connectivity index (χ3v) is 3.83. The number of halogens is 1. The smallest absolute Gasteiger partial charge is 0.145 e. The van der Waals surface area contributed by atoms with Gasteiger partial charge in [0.25, 0.3) is 0 Å². The normalized spacial score (nSPS) is 12.6. The third-order valence-electron chi connectivity index (χ3n) is 2.57. The molecule has 2 aromatic heterocycles. The van der Waals surface area contributed by atoms with Crippen molar-refractivity contribution in [2.45, 2.75) is 25.8 Å². The number of rotatable bonds is 6. The van der Waals surface area contributed by atoms with Crippen molar-refractivity contribution in [1.82, 2.24) is 15.3 Å². The van der Waals surface area contributed by atoms with Crippen molar-refractivity contribution in [2.75, 3.05) is 6.54 Å². The maximum atomic E-state index is 5.96. The highest BCUT2D eigenvalue weighted by Crippen LogP contribution is 2.25. The molecule has 3 nitrogen and oxygen atoms in total. The molecule has 18 heavy (non-hydrogen) atoms. The minimum atomic E-state index is 0.154. The minimum absolute atomic E-state index is 0.154. The molecule has 5 heteroatoms. The largest absolute Gasteiger partial charge is 0.307 e. The lowest BCUT2D eigenvalue weighted by Gasteiger charge is -2.15. The van der Waals surface area contributed by atoms with E-state index < -0.39 is 0 Å². The lowest BCUT2D eigenvalue weighted by molar-refractivity contribution is 0.507. The highest BCUT2D eigenvalue weighted by atomic mass is 35.5. The van der Waals surface area contributed by atoms with Crippen LogP contribution in [0.2, 0.25) is 4.34 Å². The van der Waals surface area contributed by atoms with Gasteiger partial charge in [-0.25, -0.2) is 9.97 Å². The van der Waals surface area contributed by atoms with E-state index in [1.165, 1.54) is 4.88 Å². The van der Waals surface area contributed by atoms with Gasteiger partial charge in [-0.2, -0.15) is 0 Å². The van der Waals surface area contributed by atoms with E-state index in [0.717, 1.165) is 29.5 Å². The van der Waals surface area contributed by atoms with Gasteiger partial charge in [0.15, 0.2) is 0 Å². The van der Waals surface area contributed by atoms with Gasteiger partial charge in [0, 0.05) is 23.7 Å². The van der Waals surface area contributed by atoms with Crippen LogP contribution in [0.25, 0.3) is 0 Å². The fraction of sp³-hybridized carbons (Fsp3) is 0.385. The molecule has 2 heterocycles. The molecule has 0 aliphatic rings. The second kappa shape index (κ2) is 6.83. The molecule has 0 aromatic carbocycles. The molecule has 96 valence electrons. The Morgan fingerprint density at radius 2 is 2.11 bits per heavy atom. The second-order valence-electron chi connectivity index (χ2n) is 4.02. The topological polar surface area (TPSA) is 37.8 Å². The molecule has 1 N–H and O–H groups in total. The summed E-state index contributed by atoms with van der Waals surface area (Å²) in [5.74, 6) is 0.843. The number of thiophene rings is 1. The molecule has 0 fully saturated rings. The molecule has 0 aliphatic carbocycles. The molecule has 2 aromatic rings. The average Bonchev–Trinajstić information content (AvgIpc) is 2.81. The molecule has 0 aliphatic heterocycles. The van der Waals surface area contributed by atoms with Crippen LogP contribution in [0.5, 0.6) is 0 Å². The van der Waals surface area contributed by atoms with Gasteiger partial charge in [0.2, 0.25) is 0 Å². The van der Waals surface area contributed by atoms with Crippen molar-refractivity contribution in [3.8, 4) is 0 Å². The van der Waals surface area contributed by atoms with Crippen molar-refractivity contribution in [3.63, 3.8) is 0 Å². The molecule has 0 radical (unpaired) electrons. The Morgan fingerprint density at radius 3 is 2.72 bits per heavy atom. The molecular formula is C13H16ClN3S. The zero-order valence-electron chi connectivity index (χ0n) is 10.3. The summed E-state index contributed by atoms with van der Waals surface area (Å²) in [5, 5.41) is 3.48.